The second-order valence-electron chi connectivity index (χ2n) is 8.63. The average molecular weight is 393 g/mol. The van der Waals surface area contributed by atoms with Crippen LogP contribution in [-0.2, 0) is 0 Å². The van der Waals surface area contributed by atoms with Crippen LogP contribution in [0.3, 0.4) is 0 Å². The number of hydrogen-bond donors (Lipinski definition) is 0. The molecule has 2 heteroatoms. The van der Waals surface area contributed by atoms with E-state index in [1.165, 1.54) is 60.1 Å². The fourth-order valence-corrected chi connectivity index (χ4v) is 5.71. The third-order valence-corrected chi connectivity index (χ3v) is 7.05. The smallest absolute Gasteiger partial charge is 0.244 e. The fourth-order valence-electron chi connectivity index (χ4n) is 5.71. The maximum atomic E-state index is 2.45. The van der Waals surface area contributed by atoms with Crippen molar-refractivity contribution in [2.45, 2.75) is 0 Å². The number of hydrogen-bond acceptors (Lipinski definition) is 1. The molecule has 7 rings (SSSR count). The van der Waals surface area contributed by atoms with Gasteiger partial charge < -0.3 is 4.90 Å². The molecule has 144 valence electrons. The van der Waals surface area contributed by atoms with E-state index >= 15 is 0 Å². The Morgan fingerprint density at radius 3 is 2.10 bits per heavy atom. The van der Waals surface area contributed by atoms with Crippen LogP contribution in [0.2, 0.25) is 0 Å². The molecule has 0 aromatic heterocycles. The van der Waals surface area contributed by atoms with Crippen LogP contribution in [0.25, 0.3) is 32.3 Å². The first-order chi connectivity index (χ1) is 15.3. The first-order valence-electron chi connectivity index (χ1n) is 10.9. The number of nitrogens with zero attached hydrogens (tertiary/aromatic N) is 1. The van der Waals surface area contributed by atoms with E-state index < -0.39 is 0 Å². The van der Waals surface area contributed by atoms with Crippen LogP contribution in [0.5, 0.6) is 0 Å². The Bertz CT molecular complexity index is 1600. The highest BCUT2D eigenvalue weighted by molar-refractivity contribution is 6.98. The summed E-state index contributed by atoms with van der Waals surface area (Å²) in [6.45, 7) is 0.190. The lowest BCUT2D eigenvalue weighted by Gasteiger charge is -2.23. The van der Waals surface area contributed by atoms with Gasteiger partial charge in [0, 0.05) is 23.8 Å². The molecule has 6 aromatic rings. The molecule has 31 heavy (non-hydrogen) atoms. The summed E-state index contributed by atoms with van der Waals surface area (Å²) in [5.74, 6) is 0. The molecule has 1 heterocycles. The maximum Gasteiger partial charge on any atom is 0.244 e. The molecule has 6 aromatic carbocycles. The topological polar surface area (TPSA) is 3.24 Å². The van der Waals surface area contributed by atoms with Crippen LogP contribution < -0.4 is 21.3 Å². The van der Waals surface area contributed by atoms with Gasteiger partial charge in [-0.25, -0.2) is 0 Å². The standard InChI is InChI=1S/C29H20BN/c1-31-25-13-6-5-12-23(25)30(22-10-3-2-4-11-22)24-18-21-9-7-8-19-14-15-20-16-17-26(31)29(24)28(20)27(19)21/h2-18H,1H3. The van der Waals surface area contributed by atoms with E-state index in [0.29, 0.717) is 0 Å². The number of rotatable bonds is 1. The van der Waals surface area contributed by atoms with Crippen molar-refractivity contribution in [3.63, 3.8) is 0 Å². The van der Waals surface area contributed by atoms with Crippen LogP contribution in [0.4, 0.5) is 11.4 Å². The minimum Gasteiger partial charge on any atom is -0.345 e. The predicted molar refractivity (Wildman–Crippen MR) is 136 cm³/mol. The van der Waals surface area contributed by atoms with Crippen molar-refractivity contribution in [3.8, 4) is 0 Å². The van der Waals surface area contributed by atoms with Gasteiger partial charge in [0.05, 0.1) is 0 Å². The molecule has 0 radical (unpaired) electrons. The average Bonchev–Trinajstić information content (AvgIpc) is 2.93. The zero-order valence-corrected chi connectivity index (χ0v) is 17.3. The summed E-state index contributed by atoms with van der Waals surface area (Å²) in [5, 5.41) is 8.11. The molecule has 1 aliphatic heterocycles. The molecular weight excluding hydrogens is 373 g/mol. The van der Waals surface area contributed by atoms with Gasteiger partial charge in [-0.2, -0.15) is 0 Å². The van der Waals surface area contributed by atoms with E-state index in [0.717, 1.165) is 0 Å². The van der Waals surface area contributed by atoms with Crippen LogP contribution in [0.1, 0.15) is 0 Å². The lowest BCUT2D eigenvalue weighted by atomic mass is 9.36. The highest BCUT2D eigenvalue weighted by Gasteiger charge is 2.32. The Balaban J connectivity index is 1.75. The van der Waals surface area contributed by atoms with Crippen molar-refractivity contribution < 1.29 is 0 Å². The van der Waals surface area contributed by atoms with Gasteiger partial charge in [-0.15, -0.1) is 0 Å². The van der Waals surface area contributed by atoms with E-state index in [9.17, 15) is 0 Å². The summed E-state index contributed by atoms with van der Waals surface area (Å²) in [4.78, 5) is 2.38. The Hall–Kier alpha value is -3.78. The summed E-state index contributed by atoms with van der Waals surface area (Å²) in [5.41, 5.74) is 6.66. The summed E-state index contributed by atoms with van der Waals surface area (Å²) in [7, 11) is 2.21. The minimum absolute atomic E-state index is 0.190. The fraction of sp³-hybridized carbons (Fsp3) is 0.0345. The van der Waals surface area contributed by atoms with E-state index in [2.05, 4.69) is 115 Å². The van der Waals surface area contributed by atoms with E-state index in [4.69, 9.17) is 0 Å². The Morgan fingerprint density at radius 2 is 1.23 bits per heavy atom. The molecular formula is C29H20BN. The van der Waals surface area contributed by atoms with Crippen molar-refractivity contribution in [3.05, 3.63) is 103 Å². The van der Waals surface area contributed by atoms with E-state index in [1.54, 1.807) is 0 Å². The van der Waals surface area contributed by atoms with Crippen LogP contribution in [0.15, 0.2) is 103 Å². The molecule has 1 aliphatic rings. The molecule has 0 spiro atoms. The van der Waals surface area contributed by atoms with Gasteiger partial charge >= 0.3 is 0 Å². The molecule has 0 fully saturated rings. The zero-order chi connectivity index (χ0) is 20.5. The molecule has 0 saturated heterocycles. The zero-order valence-electron chi connectivity index (χ0n) is 17.3. The van der Waals surface area contributed by atoms with Gasteiger partial charge in [0.25, 0.3) is 0 Å². The van der Waals surface area contributed by atoms with Crippen molar-refractivity contribution in [2.24, 2.45) is 0 Å². The summed E-state index contributed by atoms with van der Waals surface area (Å²) < 4.78 is 0. The van der Waals surface area contributed by atoms with Gasteiger partial charge in [0.2, 0.25) is 6.71 Å². The molecule has 0 N–H and O–H groups in total. The Morgan fingerprint density at radius 1 is 0.516 bits per heavy atom. The predicted octanol–water partition coefficient (Wildman–Crippen LogP) is 5.18. The number of benzene rings is 6. The number of fused-ring (bicyclic) bond motifs is 1. The molecule has 0 atom stereocenters. The quantitative estimate of drug-likeness (QED) is 0.275. The second kappa shape index (κ2) is 6.12. The van der Waals surface area contributed by atoms with Gasteiger partial charge in [-0.05, 0) is 44.5 Å². The molecule has 0 unspecified atom stereocenters. The Labute approximate surface area is 182 Å². The van der Waals surface area contributed by atoms with Crippen molar-refractivity contribution in [2.75, 3.05) is 11.9 Å². The van der Waals surface area contributed by atoms with Crippen LogP contribution in [0, 0.1) is 0 Å². The Kier molecular flexibility index (Phi) is 3.35. The molecule has 0 amide bonds. The number of anilines is 2. The second-order valence-corrected chi connectivity index (χ2v) is 8.63. The SMILES string of the molecule is CN1c2ccccc2B(c2ccccc2)c2cc3cccc4ccc5ccc1c2c5c43. The van der Waals surface area contributed by atoms with Crippen molar-refractivity contribution in [1.82, 2.24) is 0 Å². The van der Waals surface area contributed by atoms with Crippen LogP contribution in [-0.4, -0.2) is 13.8 Å². The first-order valence-corrected chi connectivity index (χ1v) is 10.9. The highest BCUT2D eigenvalue weighted by atomic mass is 15.1. The summed E-state index contributed by atoms with van der Waals surface area (Å²) in [6, 6.07) is 38.1. The van der Waals surface area contributed by atoms with Crippen molar-refractivity contribution >= 4 is 66.8 Å². The van der Waals surface area contributed by atoms with Crippen LogP contribution >= 0.6 is 0 Å². The van der Waals surface area contributed by atoms with Gasteiger partial charge in [-0.1, -0.05) is 102 Å². The van der Waals surface area contributed by atoms with E-state index in [-0.39, 0.29) is 6.71 Å². The summed E-state index contributed by atoms with van der Waals surface area (Å²) >= 11 is 0. The third-order valence-electron chi connectivity index (χ3n) is 7.05. The minimum atomic E-state index is 0.190. The third kappa shape index (κ3) is 2.22. The highest BCUT2D eigenvalue weighted by Crippen LogP contribution is 2.40. The van der Waals surface area contributed by atoms with Gasteiger partial charge in [-0.3, -0.25) is 0 Å². The van der Waals surface area contributed by atoms with E-state index in [1.807, 2.05) is 0 Å². The normalized spacial score (nSPS) is 13.2. The molecule has 0 saturated carbocycles. The largest absolute Gasteiger partial charge is 0.345 e. The van der Waals surface area contributed by atoms with Gasteiger partial charge in [0.1, 0.15) is 0 Å². The van der Waals surface area contributed by atoms with Gasteiger partial charge in [0.15, 0.2) is 0 Å². The monoisotopic (exact) mass is 393 g/mol. The molecule has 0 aliphatic carbocycles. The molecule has 0 bridgehead atoms. The lowest BCUT2D eigenvalue weighted by molar-refractivity contribution is 1.23. The molecule has 1 nitrogen and oxygen atoms in total. The lowest BCUT2D eigenvalue weighted by Crippen LogP contribution is -2.52. The maximum absolute atomic E-state index is 2.45. The number of para-hydroxylation sites is 1. The summed E-state index contributed by atoms with van der Waals surface area (Å²) in [6.07, 6.45) is 0. The van der Waals surface area contributed by atoms with Crippen molar-refractivity contribution in [1.29, 1.82) is 0 Å². The first kappa shape index (κ1) is 17.0.